The molecular formula is C13H6O5. The molecule has 0 spiro atoms. The van der Waals surface area contributed by atoms with E-state index in [9.17, 15) is 14.4 Å². The third-order valence-corrected chi connectivity index (χ3v) is 2.85. The summed E-state index contributed by atoms with van der Waals surface area (Å²) in [5, 5.41) is 10.3. The van der Waals surface area contributed by atoms with Gasteiger partial charge in [0, 0.05) is 0 Å². The number of carbonyl (C=O) groups excluding carboxylic acids is 2. The van der Waals surface area contributed by atoms with E-state index >= 15 is 0 Å². The summed E-state index contributed by atoms with van der Waals surface area (Å²) >= 11 is 0. The van der Waals surface area contributed by atoms with Gasteiger partial charge in [-0.15, -0.1) is 0 Å². The molecule has 4 bridgehead atoms. The average molecular weight is 242 g/mol. The lowest BCUT2D eigenvalue weighted by Crippen LogP contribution is -2.14. The SMILES string of the molecule is O=C1OC(=O)c2cc3ccc1cc3cc2C(=O)O. The van der Waals surface area contributed by atoms with Crippen LogP contribution in [0.2, 0.25) is 0 Å². The quantitative estimate of drug-likeness (QED) is 0.609. The molecule has 0 aromatic heterocycles. The van der Waals surface area contributed by atoms with Gasteiger partial charge in [-0.05, 0) is 35.0 Å². The largest absolute Gasteiger partial charge is 0.478 e. The number of hydrogen-bond acceptors (Lipinski definition) is 4. The second kappa shape index (κ2) is 3.40. The molecule has 0 radical (unpaired) electrons. The zero-order valence-corrected chi connectivity index (χ0v) is 8.97. The lowest BCUT2D eigenvalue weighted by molar-refractivity contribution is 0.0393. The number of benzene rings is 2. The monoisotopic (exact) mass is 242 g/mol. The Morgan fingerprint density at radius 2 is 1.78 bits per heavy atom. The highest BCUT2D eigenvalue weighted by molar-refractivity contribution is 6.12. The van der Waals surface area contributed by atoms with Crippen LogP contribution in [0.25, 0.3) is 10.8 Å². The lowest BCUT2D eigenvalue weighted by Gasteiger charge is -2.04. The van der Waals surface area contributed by atoms with Crippen molar-refractivity contribution in [1.29, 1.82) is 0 Å². The van der Waals surface area contributed by atoms with Crippen molar-refractivity contribution in [1.82, 2.24) is 0 Å². The molecule has 2 heterocycles. The van der Waals surface area contributed by atoms with Crippen LogP contribution in [0.4, 0.5) is 0 Å². The molecule has 2 aromatic carbocycles. The Hall–Kier alpha value is -2.69. The first-order valence-corrected chi connectivity index (χ1v) is 5.14. The van der Waals surface area contributed by atoms with Crippen molar-refractivity contribution in [3.05, 3.63) is 47.0 Å². The first-order chi connectivity index (χ1) is 8.56. The normalized spacial score (nSPS) is 13.6. The molecule has 0 saturated heterocycles. The molecule has 0 aliphatic carbocycles. The van der Waals surface area contributed by atoms with Gasteiger partial charge in [0.2, 0.25) is 0 Å². The first kappa shape index (κ1) is 10.5. The summed E-state index contributed by atoms with van der Waals surface area (Å²) in [7, 11) is 0. The van der Waals surface area contributed by atoms with Crippen LogP contribution in [0.3, 0.4) is 0 Å². The van der Waals surface area contributed by atoms with Crippen molar-refractivity contribution in [3.63, 3.8) is 0 Å². The minimum absolute atomic E-state index is 0.115. The highest BCUT2D eigenvalue weighted by Gasteiger charge is 2.24. The Bertz CT molecular complexity index is 729. The van der Waals surface area contributed by atoms with Crippen molar-refractivity contribution < 1.29 is 24.2 Å². The molecule has 5 heteroatoms. The van der Waals surface area contributed by atoms with Gasteiger partial charge in [-0.2, -0.15) is 0 Å². The fraction of sp³-hybridized carbons (Fsp3) is 0. The van der Waals surface area contributed by atoms with E-state index in [0.717, 1.165) is 0 Å². The first-order valence-electron chi connectivity index (χ1n) is 5.14. The molecule has 5 nitrogen and oxygen atoms in total. The fourth-order valence-corrected chi connectivity index (χ4v) is 1.97. The summed E-state index contributed by atoms with van der Waals surface area (Å²) in [6.07, 6.45) is 0. The molecule has 2 aromatic rings. The number of ether oxygens (including phenoxy) is 1. The van der Waals surface area contributed by atoms with Crippen LogP contribution in [0.1, 0.15) is 31.1 Å². The van der Waals surface area contributed by atoms with E-state index in [1.807, 2.05) is 0 Å². The number of carbonyl (C=O) groups is 3. The maximum atomic E-state index is 11.7. The second-order valence-corrected chi connectivity index (χ2v) is 3.94. The Kier molecular flexibility index (Phi) is 1.98. The van der Waals surface area contributed by atoms with Gasteiger partial charge in [-0.25, -0.2) is 14.4 Å². The number of carboxylic acid groups (broad SMARTS) is 1. The van der Waals surface area contributed by atoms with E-state index in [2.05, 4.69) is 4.74 Å². The highest BCUT2D eigenvalue weighted by atomic mass is 16.6. The van der Waals surface area contributed by atoms with Gasteiger partial charge in [0.25, 0.3) is 0 Å². The summed E-state index contributed by atoms with van der Waals surface area (Å²) < 4.78 is 4.62. The van der Waals surface area contributed by atoms with Crippen molar-refractivity contribution in [3.8, 4) is 0 Å². The molecule has 88 valence electrons. The molecule has 0 fully saturated rings. The van der Waals surface area contributed by atoms with Crippen LogP contribution in [0, 0.1) is 0 Å². The van der Waals surface area contributed by atoms with E-state index < -0.39 is 17.9 Å². The van der Waals surface area contributed by atoms with E-state index in [1.165, 1.54) is 24.3 Å². The summed E-state index contributed by atoms with van der Waals surface area (Å²) in [4.78, 5) is 34.4. The van der Waals surface area contributed by atoms with Gasteiger partial charge in [-0.3, -0.25) is 0 Å². The predicted molar refractivity (Wildman–Crippen MR) is 60.7 cm³/mol. The number of esters is 2. The Balaban J connectivity index is 2.46. The summed E-state index contributed by atoms with van der Waals surface area (Å²) in [6.45, 7) is 0. The lowest BCUT2D eigenvalue weighted by atomic mass is 10.00. The maximum Gasteiger partial charge on any atom is 0.346 e. The number of rotatable bonds is 1. The molecule has 1 N–H and O–H groups in total. The highest BCUT2D eigenvalue weighted by Crippen LogP contribution is 2.25. The van der Waals surface area contributed by atoms with E-state index in [-0.39, 0.29) is 16.7 Å². The van der Waals surface area contributed by atoms with Gasteiger partial charge in [0.05, 0.1) is 16.7 Å². The van der Waals surface area contributed by atoms with Crippen LogP contribution < -0.4 is 0 Å². The van der Waals surface area contributed by atoms with E-state index in [4.69, 9.17) is 5.11 Å². The van der Waals surface area contributed by atoms with Crippen LogP contribution in [0.15, 0.2) is 30.3 Å². The molecule has 2 aliphatic heterocycles. The minimum Gasteiger partial charge on any atom is -0.478 e. The van der Waals surface area contributed by atoms with Crippen molar-refractivity contribution in [2.75, 3.05) is 0 Å². The molecule has 0 saturated carbocycles. The molecule has 0 amide bonds. The molecule has 0 atom stereocenters. The molecule has 0 unspecified atom stereocenters. The third kappa shape index (κ3) is 1.37. The maximum absolute atomic E-state index is 11.7. The molecule has 4 rings (SSSR count). The topological polar surface area (TPSA) is 80.7 Å². The minimum atomic E-state index is -1.23. The van der Waals surface area contributed by atoms with E-state index in [0.29, 0.717) is 10.8 Å². The summed E-state index contributed by atoms with van der Waals surface area (Å²) in [5.41, 5.74) is -0.0604. The van der Waals surface area contributed by atoms with Gasteiger partial charge < -0.3 is 9.84 Å². The van der Waals surface area contributed by atoms with Crippen molar-refractivity contribution in [2.45, 2.75) is 0 Å². The zero-order chi connectivity index (χ0) is 12.9. The summed E-state index contributed by atoms with van der Waals surface area (Å²) in [5.74, 6) is -2.95. The number of carboxylic acids is 1. The molecule has 2 aliphatic rings. The van der Waals surface area contributed by atoms with Crippen LogP contribution >= 0.6 is 0 Å². The van der Waals surface area contributed by atoms with Crippen molar-refractivity contribution >= 4 is 28.7 Å². The Morgan fingerprint density at radius 1 is 1.00 bits per heavy atom. The number of fused-ring (bicyclic) bond motifs is 4. The van der Waals surface area contributed by atoms with Gasteiger partial charge in [0.1, 0.15) is 0 Å². The van der Waals surface area contributed by atoms with Crippen LogP contribution in [-0.4, -0.2) is 23.0 Å². The van der Waals surface area contributed by atoms with E-state index in [1.54, 1.807) is 6.07 Å². The van der Waals surface area contributed by atoms with Crippen molar-refractivity contribution in [2.24, 2.45) is 0 Å². The molecular weight excluding hydrogens is 236 g/mol. The van der Waals surface area contributed by atoms with Gasteiger partial charge in [0.15, 0.2) is 0 Å². The van der Waals surface area contributed by atoms with Crippen LogP contribution in [0.5, 0.6) is 0 Å². The smallest absolute Gasteiger partial charge is 0.346 e. The number of hydrogen-bond donors (Lipinski definition) is 1. The van der Waals surface area contributed by atoms with Gasteiger partial charge >= 0.3 is 17.9 Å². The standard InChI is InChI=1S/C13H6O5/c14-11(15)9-5-8-3-7-2-1-6(8)4-10(9)13(17)18-12(7)16/h1-5H,(H,14,15). The fourth-order valence-electron chi connectivity index (χ4n) is 1.97. The average Bonchev–Trinajstić information content (AvgIpc) is 2.45. The van der Waals surface area contributed by atoms with Crippen LogP contribution in [-0.2, 0) is 4.74 Å². The zero-order valence-electron chi connectivity index (χ0n) is 8.97. The van der Waals surface area contributed by atoms with Gasteiger partial charge in [-0.1, -0.05) is 6.07 Å². The third-order valence-electron chi connectivity index (χ3n) is 2.85. The predicted octanol–water partition coefficient (Wildman–Crippen LogP) is 1.85. The second-order valence-electron chi connectivity index (χ2n) is 3.94. The number of aromatic carboxylic acids is 1. The molecule has 18 heavy (non-hydrogen) atoms. The summed E-state index contributed by atoms with van der Waals surface area (Å²) in [6, 6.07) is 7.49. The Labute approximate surface area is 101 Å². The Morgan fingerprint density at radius 3 is 2.50 bits per heavy atom.